The van der Waals surface area contributed by atoms with E-state index in [2.05, 4.69) is 21.2 Å². The van der Waals surface area contributed by atoms with E-state index in [4.69, 9.17) is 4.74 Å². The Morgan fingerprint density at radius 3 is 2.41 bits per heavy atom. The molecule has 4 aliphatic rings. The molecular weight excluding hydrogens is 346 g/mol. The topological polar surface area (TPSA) is 55.4 Å². The Morgan fingerprint density at radius 1 is 1.23 bits per heavy atom. The van der Waals surface area contributed by atoms with Gasteiger partial charge in [0, 0.05) is 10.4 Å². The minimum absolute atomic E-state index is 0.0719. The summed E-state index contributed by atoms with van der Waals surface area (Å²) in [6.45, 7) is 3.63. The molecule has 124 valence electrons. The number of rotatable bonds is 5. The molecule has 0 unspecified atom stereocenters. The van der Waals surface area contributed by atoms with Crippen molar-refractivity contribution in [2.24, 2.45) is 17.3 Å². The zero-order valence-corrected chi connectivity index (χ0v) is 15.1. The highest BCUT2D eigenvalue weighted by Crippen LogP contribution is 2.65. The number of amides is 1. The molecule has 22 heavy (non-hydrogen) atoms. The smallest absolute Gasteiger partial charge is 0.306 e. The van der Waals surface area contributed by atoms with E-state index in [0.717, 1.165) is 31.1 Å². The monoisotopic (exact) mass is 371 g/mol. The minimum Gasteiger partial charge on any atom is -0.456 e. The van der Waals surface area contributed by atoms with Crippen LogP contribution in [0.5, 0.6) is 0 Å². The van der Waals surface area contributed by atoms with Crippen molar-refractivity contribution < 1.29 is 14.3 Å². The molecule has 4 saturated carbocycles. The molecule has 4 fully saturated rings. The van der Waals surface area contributed by atoms with Crippen LogP contribution in [0.25, 0.3) is 0 Å². The van der Waals surface area contributed by atoms with Crippen LogP contribution in [-0.4, -0.2) is 28.8 Å². The molecule has 4 nitrogen and oxygen atoms in total. The molecule has 0 spiro atoms. The van der Waals surface area contributed by atoms with Crippen LogP contribution in [0.2, 0.25) is 0 Å². The second-order valence-corrected chi connectivity index (χ2v) is 9.85. The second-order valence-electron chi connectivity index (χ2n) is 8.17. The van der Waals surface area contributed by atoms with Gasteiger partial charge in [-0.15, -0.1) is 0 Å². The molecule has 0 saturated heterocycles. The Morgan fingerprint density at radius 2 is 1.86 bits per heavy atom. The van der Waals surface area contributed by atoms with E-state index in [0.29, 0.717) is 6.42 Å². The molecule has 2 atom stereocenters. The first-order chi connectivity index (χ1) is 10.3. The number of alkyl halides is 1. The van der Waals surface area contributed by atoms with E-state index in [9.17, 15) is 9.59 Å². The van der Waals surface area contributed by atoms with Gasteiger partial charge in [0.05, 0.1) is 6.42 Å². The van der Waals surface area contributed by atoms with Crippen LogP contribution in [0, 0.1) is 17.3 Å². The number of nitrogens with one attached hydrogen (secondary N) is 1. The van der Waals surface area contributed by atoms with Crippen molar-refractivity contribution in [2.45, 2.75) is 69.2 Å². The van der Waals surface area contributed by atoms with Crippen LogP contribution >= 0.6 is 15.9 Å². The third-order valence-electron chi connectivity index (χ3n) is 5.44. The number of esters is 1. The zero-order chi connectivity index (χ0) is 16.0. The molecule has 5 heteroatoms. The van der Waals surface area contributed by atoms with Crippen LogP contribution < -0.4 is 5.32 Å². The minimum atomic E-state index is -0.217. The van der Waals surface area contributed by atoms with Crippen molar-refractivity contribution in [3.63, 3.8) is 0 Å². The van der Waals surface area contributed by atoms with Gasteiger partial charge in [0.25, 0.3) is 5.91 Å². The molecule has 4 bridgehead atoms. The van der Waals surface area contributed by atoms with Crippen LogP contribution in [0.15, 0.2) is 0 Å². The molecule has 1 N–H and O–H groups in total. The Kier molecular flexibility index (Phi) is 4.30. The van der Waals surface area contributed by atoms with E-state index < -0.39 is 0 Å². The standard InChI is InChI=1S/C17H26BrNO3/c1-11(2)19-14(20)9-22-15(21)8-16-4-12-3-13(5-16)7-17(18,6-12)10-16/h11-13H,3-10H2,1-2H3,(H,19,20)/t12-,13-,16?,17?/m0/s1. The molecule has 4 rings (SSSR count). The van der Waals surface area contributed by atoms with Crippen molar-refractivity contribution >= 4 is 27.8 Å². The summed E-state index contributed by atoms with van der Waals surface area (Å²) in [6, 6.07) is 0.0719. The van der Waals surface area contributed by atoms with Gasteiger partial charge in [0.1, 0.15) is 0 Å². The number of carbonyl (C=O) groups excluding carboxylic acids is 2. The molecule has 0 heterocycles. The summed E-state index contributed by atoms with van der Waals surface area (Å²) in [4.78, 5) is 23.8. The first-order valence-electron chi connectivity index (χ1n) is 8.41. The van der Waals surface area contributed by atoms with Crippen LogP contribution in [0.1, 0.15) is 58.8 Å². The second kappa shape index (κ2) is 5.81. The Bertz CT molecular complexity index is 463. The predicted octanol–water partition coefficient (Wildman–Crippen LogP) is 3.18. The van der Waals surface area contributed by atoms with Gasteiger partial charge in [-0.05, 0) is 69.6 Å². The van der Waals surface area contributed by atoms with Crippen LogP contribution in [0.3, 0.4) is 0 Å². The summed E-state index contributed by atoms with van der Waals surface area (Å²) < 4.78 is 5.47. The molecule has 0 aromatic heterocycles. The lowest BCUT2D eigenvalue weighted by Crippen LogP contribution is -2.53. The highest BCUT2D eigenvalue weighted by molar-refractivity contribution is 9.10. The summed E-state index contributed by atoms with van der Waals surface area (Å²) in [6.07, 6.45) is 7.73. The van der Waals surface area contributed by atoms with Gasteiger partial charge in [-0.25, -0.2) is 0 Å². The Hall–Kier alpha value is -0.580. The fourth-order valence-electron chi connectivity index (χ4n) is 5.41. The van der Waals surface area contributed by atoms with Gasteiger partial charge in [0.2, 0.25) is 0 Å². The zero-order valence-electron chi connectivity index (χ0n) is 13.5. The average molecular weight is 372 g/mol. The Balaban J connectivity index is 1.54. The lowest BCUT2D eigenvalue weighted by molar-refractivity contribution is -0.154. The van der Waals surface area contributed by atoms with E-state index in [1.807, 2.05) is 13.8 Å². The number of hydrogen-bond acceptors (Lipinski definition) is 3. The number of hydrogen-bond donors (Lipinski definition) is 1. The SMILES string of the molecule is CC(C)NC(=O)COC(=O)CC12C[C@@H]3C[C@H](CC(Br)(C3)C1)C2. The summed E-state index contributed by atoms with van der Waals surface area (Å²) in [5, 5.41) is 2.74. The maximum absolute atomic E-state index is 12.2. The van der Waals surface area contributed by atoms with Crippen molar-refractivity contribution in [1.82, 2.24) is 5.32 Å². The number of halogens is 1. The van der Waals surface area contributed by atoms with E-state index >= 15 is 0 Å². The average Bonchev–Trinajstić information content (AvgIpc) is 2.31. The molecule has 0 aromatic rings. The van der Waals surface area contributed by atoms with Gasteiger partial charge in [-0.3, -0.25) is 9.59 Å². The van der Waals surface area contributed by atoms with Gasteiger partial charge in [-0.2, -0.15) is 0 Å². The fraction of sp³-hybridized carbons (Fsp3) is 0.882. The Labute approximate surface area is 140 Å². The molecule has 4 aliphatic carbocycles. The summed E-state index contributed by atoms with van der Waals surface area (Å²) >= 11 is 3.96. The van der Waals surface area contributed by atoms with Gasteiger partial charge in [0.15, 0.2) is 6.61 Å². The van der Waals surface area contributed by atoms with E-state index in [1.54, 1.807) is 0 Å². The van der Waals surface area contributed by atoms with Crippen molar-refractivity contribution in [1.29, 1.82) is 0 Å². The van der Waals surface area contributed by atoms with Gasteiger partial charge >= 0.3 is 5.97 Å². The lowest BCUT2D eigenvalue weighted by Gasteiger charge is -2.60. The van der Waals surface area contributed by atoms with Crippen LogP contribution in [0.4, 0.5) is 0 Å². The molecular formula is C17H26BrNO3. The number of carbonyl (C=O) groups is 2. The normalized spacial score (nSPS) is 39.1. The van der Waals surface area contributed by atoms with Gasteiger partial charge in [-0.1, -0.05) is 15.9 Å². The maximum Gasteiger partial charge on any atom is 0.306 e. The van der Waals surface area contributed by atoms with Crippen molar-refractivity contribution in [2.75, 3.05) is 6.61 Å². The highest BCUT2D eigenvalue weighted by atomic mass is 79.9. The number of ether oxygens (including phenoxy) is 1. The van der Waals surface area contributed by atoms with Crippen molar-refractivity contribution in [3.8, 4) is 0 Å². The highest BCUT2D eigenvalue weighted by Gasteiger charge is 2.57. The van der Waals surface area contributed by atoms with Crippen molar-refractivity contribution in [3.05, 3.63) is 0 Å². The molecule has 0 aliphatic heterocycles. The summed E-state index contributed by atoms with van der Waals surface area (Å²) in [5.74, 6) is 1.10. The molecule has 0 aromatic carbocycles. The predicted molar refractivity (Wildman–Crippen MR) is 87.6 cm³/mol. The maximum atomic E-state index is 12.2. The molecule has 1 amide bonds. The quantitative estimate of drug-likeness (QED) is 0.596. The summed E-state index contributed by atoms with van der Waals surface area (Å²) in [5.41, 5.74) is 0.110. The van der Waals surface area contributed by atoms with E-state index in [-0.39, 0.29) is 34.3 Å². The third kappa shape index (κ3) is 3.50. The van der Waals surface area contributed by atoms with Gasteiger partial charge < -0.3 is 10.1 Å². The van der Waals surface area contributed by atoms with Crippen LogP contribution in [-0.2, 0) is 14.3 Å². The summed E-state index contributed by atoms with van der Waals surface area (Å²) in [7, 11) is 0. The first kappa shape index (κ1) is 16.3. The van der Waals surface area contributed by atoms with E-state index in [1.165, 1.54) is 19.3 Å². The largest absolute Gasteiger partial charge is 0.456 e. The lowest BCUT2D eigenvalue weighted by atomic mass is 9.49. The first-order valence-corrected chi connectivity index (χ1v) is 9.21. The third-order valence-corrected chi connectivity index (χ3v) is 6.37. The molecule has 0 radical (unpaired) electrons. The fourth-order valence-corrected chi connectivity index (χ4v) is 6.92.